The normalized spacial score (nSPS) is 25.1. The first-order valence-electron chi connectivity index (χ1n) is 2.80. The molecule has 9 heavy (non-hydrogen) atoms. The van der Waals surface area contributed by atoms with Crippen molar-refractivity contribution < 1.29 is 4.39 Å². The summed E-state index contributed by atoms with van der Waals surface area (Å²) in [6, 6.07) is 0. The highest BCUT2D eigenvalue weighted by atomic mass is 19.1. The van der Waals surface area contributed by atoms with E-state index in [9.17, 15) is 4.39 Å². The minimum atomic E-state index is -0.338. The zero-order valence-electron chi connectivity index (χ0n) is 5.19. The average Bonchev–Trinajstić information content (AvgIpc) is 1.89. The molecule has 0 amide bonds. The Morgan fingerprint density at radius 2 is 2.56 bits per heavy atom. The molecule has 0 radical (unpaired) electrons. The van der Waals surface area contributed by atoms with Crippen LogP contribution in [0, 0.1) is 0 Å². The van der Waals surface area contributed by atoms with Gasteiger partial charge in [0.1, 0.15) is 12.0 Å². The van der Waals surface area contributed by atoms with E-state index in [2.05, 4.69) is 10.6 Å². The molecule has 1 aliphatic rings. The predicted octanol–water partition coefficient (Wildman–Crippen LogP) is 0.502. The molecule has 50 valence electrons. The third kappa shape index (κ3) is 1.29. The number of allylic oxidation sites excluding steroid dienone is 2. The third-order valence-corrected chi connectivity index (χ3v) is 1.18. The van der Waals surface area contributed by atoms with Crippen LogP contribution >= 0.6 is 0 Å². The average molecular weight is 128 g/mol. The van der Waals surface area contributed by atoms with Gasteiger partial charge in [-0.05, 0) is 25.4 Å². The van der Waals surface area contributed by atoms with Gasteiger partial charge in [0.05, 0.1) is 0 Å². The maximum Gasteiger partial charge on any atom is 0.137 e. The maximum absolute atomic E-state index is 12.5. The van der Waals surface area contributed by atoms with E-state index in [1.807, 2.05) is 0 Å². The lowest BCUT2D eigenvalue weighted by molar-refractivity contribution is 0.456. The number of nitrogens with one attached hydrogen (secondary N) is 2. The summed E-state index contributed by atoms with van der Waals surface area (Å²) in [6.07, 6.45) is 4.42. The molecule has 0 aromatic carbocycles. The lowest BCUT2D eigenvalue weighted by Gasteiger charge is -2.16. The fourth-order valence-corrected chi connectivity index (χ4v) is 0.689. The Balaban J connectivity index is 2.59. The topological polar surface area (TPSA) is 24.1 Å². The molecule has 0 aromatic rings. The monoisotopic (exact) mass is 128 g/mol. The van der Waals surface area contributed by atoms with Gasteiger partial charge in [-0.15, -0.1) is 0 Å². The van der Waals surface area contributed by atoms with Crippen LogP contribution in [0.3, 0.4) is 0 Å². The highest BCUT2D eigenvalue weighted by molar-refractivity contribution is 5.16. The molecule has 0 saturated carbocycles. The SMILES string of the molecule is CNC1NC=CC=C1F. The van der Waals surface area contributed by atoms with Gasteiger partial charge in [-0.25, -0.2) is 4.39 Å². The van der Waals surface area contributed by atoms with Gasteiger partial charge in [0.15, 0.2) is 0 Å². The van der Waals surface area contributed by atoms with E-state index in [0.717, 1.165) is 0 Å². The van der Waals surface area contributed by atoms with Crippen molar-refractivity contribution in [3.8, 4) is 0 Å². The Bertz CT molecular complexity index is 151. The van der Waals surface area contributed by atoms with Crippen molar-refractivity contribution >= 4 is 0 Å². The second-order valence-electron chi connectivity index (χ2n) is 1.80. The lowest BCUT2D eigenvalue weighted by Crippen LogP contribution is -2.38. The highest BCUT2D eigenvalue weighted by Gasteiger charge is 2.09. The smallest absolute Gasteiger partial charge is 0.137 e. The summed E-state index contributed by atoms with van der Waals surface area (Å²) in [5, 5.41) is 5.53. The van der Waals surface area contributed by atoms with Crippen molar-refractivity contribution in [2.75, 3.05) is 7.05 Å². The molecule has 0 fully saturated rings. The van der Waals surface area contributed by atoms with E-state index in [-0.39, 0.29) is 12.0 Å². The molecule has 1 unspecified atom stereocenters. The van der Waals surface area contributed by atoms with Gasteiger partial charge >= 0.3 is 0 Å². The molecule has 1 aliphatic heterocycles. The Morgan fingerprint density at radius 3 is 3.00 bits per heavy atom. The molecule has 0 aliphatic carbocycles. The minimum Gasteiger partial charge on any atom is -0.370 e. The molecule has 2 nitrogen and oxygen atoms in total. The van der Waals surface area contributed by atoms with Crippen molar-refractivity contribution in [3.05, 3.63) is 24.2 Å². The molecule has 0 aromatic heterocycles. The first-order chi connectivity index (χ1) is 4.34. The van der Waals surface area contributed by atoms with Crippen molar-refractivity contribution in [1.82, 2.24) is 10.6 Å². The van der Waals surface area contributed by atoms with E-state index in [4.69, 9.17) is 0 Å². The van der Waals surface area contributed by atoms with Gasteiger partial charge in [0.2, 0.25) is 0 Å². The van der Waals surface area contributed by atoms with Crippen LogP contribution < -0.4 is 10.6 Å². The Morgan fingerprint density at radius 1 is 1.78 bits per heavy atom. The quantitative estimate of drug-likeness (QED) is 0.537. The van der Waals surface area contributed by atoms with Crippen molar-refractivity contribution in [1.29, 1.82) is 0 Å². The molecule has 0 spiro atoms. The maximum atomic E-state index is 12.5. The van der Waals surface area contributed by atoms with Crippen LogP contribution in [0.4, 0.5) is 4.39 Å². The summed E-state index contributed by atoms with van der Waals surface area (Å²) in [6.45, 7) is 0. The van der Waals surface area contributed by atoms with E-state index in [1.165, 1.54) is 6.08 Å². The van der Waals surface area contributed by atoms with Crippen LogP contribution in [-0.2, 0) is 0 Å². The summed E-state index contributed by atoms with van der Waals surface area (Å²) >= 11 is 0. The summed E-state index contributed by atoms with van der Waals surface area (Å²) in [7, 11) is 1.70. The van der Waals surface area contributed by atoms with Crippen LogP contribution in [0.15, 0.2) is 24.2 Å². The standard InChI is InChI=1S/C6H9FN2/c1-8-6-5(7)3-2-4-9-6/h2-4,6,8-9H,1H3. The molecule has 1 atom stereocenters. The van der Waals surface area contributed by atoms with Crippen LogP contribution in [0.2, 0.25) is 0 Å². The van der Waals surface area contributed by atoms with Gasteiger partial charge in [0.25, 0.3) is 0 Å². The summed E-state index contributed by atoms with van der Waals surface area (Å²) < 4.78 is 12.5. The second-order valence-corrected chi connectivity index (χ2v) is 1.80. The number of hydrogen-bond acceptors (Lipinski definition) is 2. The first-order valence-corrected chi connectivity index (χ1v) is 2.80. The van der Waals surface area contributed by atoms with Gasteiger partial charge in [-0.2, -0.15) is 0 Å². The molecule has 1 rings (SSSR count). The van der Waals surface area contributed by atoms with Gasteiger partial charge in [-0.3, -0.25) is 5.32 Å². The minimum absolute atomic E-state index is 0.181. The zero-order chi connectivity index (χ0) is 6.69. The van der Waals surface area contributed by atoms with Gasteiger partial charge in [-0.1, -0.05) is 0 Å². The fourth-order valence-electron chi connectivity index (χ4n) is 0.689. The summed E-state index contributed by atoms with van der Waals surface area (Å²) in [5.41, 5.74) is 0. The molecule has 0 saturated heterocycles. The molecular weight excluding hydrogens is 119 g/mol. The van der Waals surface area contributed by atoms with Crippen LogP contribution in [0.5, 0.6) is 0 Å². The number of rotatable bonds is 1. The highest BCUT2D eigenvalue weighted by Crippen LogP contribution is 2.04. The Kier molecular flexibility index (Phi) is 1.85. The van der Waals surface area contributed by atoms with E-state index in [1.54, 1.807) is 19.3 Å². The first kappa shape index (κ1) is 6.29. The third-order valence-electron chi connectivity index (χ3n) is 1.18. The molecule has 1 heterocycles. The lowest BCUT2D eigenvalue weighted by atomic mass is 10.3. The van der Waals surface area contributed by atoms with Crippen molar-refractivity contribution in [2.24, 2.45) is 0 Å². The fraction of sp³-hybridized carbons (Fsp3) is 0.333. The van der Waals surface area contributed by atoms with Gasteiger partial charge in [0, 0.05) is 0 Å². The van der Waals surface area contributed by atoms with E-state index >= 15 is 0 Å². The number of hydrogen-bond donors (Lipinski definition) is 2. The van der Waals surface area contributed by atoms with E-state index < -0.39 is 0 Å². The Labute approximate surface area is 53.4 Å². The van der Waals surface area contributed by atoms with Crippen LogP contribution in [0.1, 0.15) is 0 Å². The van der Waals surface area contributed by atoms with Gasteiger partial charge < -0.3 is 5.32 Å². The second kappa shape index (κ2) is 2.64. The summed E-state index contributed by atoms with van der Waals surface area (Å²) in [4.78, 5) is 0. The van der Waals surface area contributed by atoms with E-state index in [0.29, 0.717) is 0 Å². The molecule has 0 bridgehead atoms. The number of halogens is 1. The Hall–Kier alpha value is -0.830. The number of dihydropyridines is 1. The predicted molar refractivity (Wildman–Crippen MR) is 34.3 cm³/mol. The van der Waals surface area contributed by atoms with Crippen LogP contribution in [0.25, 0.3) is 0 Å². The van der Waals surface area contributed by atoms with Crippen LogP contribution in [-0.4, -0.2) is 13.2 Å². The van der Waals surface area contributed by atoms with Crippen molar-refractivity contribution in [2.45, 2.75) is 6.17 Å². The summed E-state index contributed by atoms with van der Waals surface area (Å²) in [5.74, 6) is -0.181. The number of likely N-dealkylation sites (N-methyl/N-ethyl adjacent to an activating group) is 1. The largest absolute Gasteiger partial charge is 0.370 e. The molecular formula is C6H9FN2. The van der Waals surface area contributed by atoms with Crippen molar-refractivity contribution in [3.63, 3.8) is 0 Å². The molecule has 3 heteroatoms. The zero-order valence-corrected chi connectivity index (χ0v) is 5.19. The molecule has 2 N–H and O–H groups in total.